The third-order valence-corrected chi connectivity index (χ3v) is 5.31. The van der Waals surface area contributed by atoms with Gasteiger partial charge in [-0.2, -0.15) is 5.26 Å². The van der Waals surface area contributed by atoms with E-state index in [0.717, 1.165) is 0 Å². The summed E-state index contributed by atoms with van der Waals surface area (Å²) in [6, 6.07) is 13.6. The van der Waals surface area contributed by atoms with Crippen LogP contribution >= 0.6 is 0 Å². The van der Waals surface area contributed by atoms with Crippen molar-refractivity contribution in [1.82, 2.24) is 0 Å². The number of anilines is 1. The Labute approximate surface area is 163 Å². The number of nitriles is 1. The Bertz CT molecular complexity index is 1360. The van der Waals surface area contributed by atoms with E-state index in [1.54, 1.807) is 42.5 Å². The standard InChI is InChI=1S/C21H13N3O5/c1-27-10-6-7-14-12(8-10)21(20(26)24-14)13(9-22)18(23)29-17-11-4-2-3-5-15(11)28-19(25)16(17)21/h2-8H,23H2,1H3,(H,24,26). The Morgan fingerprint density at radius 3 is 2.76 bits per heavy atom. The average molecular weight is 387 g/mol. The topological polar surface area (TPSA) is 128 Å². The summed E-state index contributed by atoms with van der Waals surface area (Å²) in [6.45, 7) is 0. The van der Waals surface area contributed by atoms with Crippen molar-refractivity contribution in [2.75, 3.05) is 12.4 Å². The lowest BCUT2D eigenvalue weighted by Gasteiger charge is -2.32. The number of methoxy groups -OCH3 is 1. The summed E-state index contributed by atoms with van der Waals surface area (Å²) < 4.78 is 16.5. The number of para-hydroxylation sites is 1. The van der Waals surface area contributed by atoms with Gasteiger partial charge in [0.05, 0.1) is 12.5 Å². The van der Waals surface area contributed by atoms with Gasteiger partial charge >= 0.3 is 5.63 Å². The number of benzene rings is 2. The van der Waals surface area contributed by atoms with Crippen molar-refractivity contribution in [2.24, 2.45) is 5.73 Å². The van der Waals surface area contributed by atoms with Crippen LogP contribution < -0.4 is 26.1 Å². The molecule has 29 heavy (non-hydrogen) atoms. The molecule has 142 valence electrons. The lowest BCUT2D eigenvalue weighted by atomic mass is 9.69. The minimum Gasteiger partial charge on any atom is -0.497 e. The number of hydrogen-bond donors (Lipinski definition) is 2. The summed E-state index contributed by atoms with van der Waals surface area (Å²) in [4.78, 5) is 26.4. The average Bonchev–Trinajstić information content (AvgIpc) is 2.99. The molecule has 1 atom stereocenters. The third kappa shape index (κ3) is 1.96. The second-order valence-electron chi connectivity index (χ2n) is 6.66. The Balaban J connectivity index is 2.00. The Hall–Kier alpha value is -4.25. The van der Waals surface area contributed by atoms with Crippen molar-refractivity contribution in [2.45, 2.75) is 5.41 Å². The van der Waals surface area contributed by atoms with Crippen LogP contribution in [0, 0.1) is 11.3 Å². The highest BCUT2D eigenvalue weighted by molar-refractivity contribution is 6.13. The first-order chi connectivity index (χ1) is 14.0. The second-order valence-corrected chi connectivity index (χ2v) is 6.66. The van der Waals surface area contributed by atoms with E-state index >= 15 is 0 Å². The van der Waals surface area contributed by atoms with Crippen LogP contribution in [0.2, 0.25) is 0 Å². The first-order valence-electron chi connectivity index (χ1n) is 8.66. The molecule has 3 N–H and O–H groups in total. The van der Waals surface area contributed by atoms with Gasteiger partial charge < -0.3 is 24.9 Å². The molecule has 0 fully saturated rings. The predicted molar refractivity (Wildman–Crippen MR) is 102 cm³/mol. The van der Waals surface area contributed by atoms with Crippen LogP contribution in [-0.4, -0.2) is 13.0 Å². The quantitative estimate of drug-likeness (QED) is 0.612. The Morgan fingerprint density at radius 1 is 1.21 bits per heavy atom. The number of rotatable bonds is 1. The van der Waals surface area contributed by atoms with E-state index in [1.807, 2.05) is 6.07 Å². The fourth-order valence-electron chi connectivity index (χ4n) is 4.06. The van der Waals surface area contributed by atoms with Crippen LogP contribution in [-0.2, 0) is 10.2 Å². The maximum absolute atomic E-state index is 13.3. The number of hydrogen-bond acceptors (Lipinski definition) is 7. The molecular formula is C21H13N3O5. The van der Waals surface area contributed by atoms with E-state index < -0.39 is 16.9 Å². The number of ether oxygens (including phenoxy) is 2. The van der Waals surface area contributed by atoms with Crippen LogP contribution in [0.25, 0.3) is 11.0 Å². The van der Waals surface area contributed by atoms with Crippen LogP contribution in [0.1, 0.15) is 11.1 Å². The van der Waals surface area contributed by atoms with Crippen molar-refractivity contribution in [3.05, 3.63) is 75.5 Å². The number of amides is 1. The van der Waals surface area contributed by atoms with E-state index in [0.29, 0.717) is 22.4 Å². The van der Waals surface area contributed by atoms with Crippen molar-refractivity contribution >= 4 is 22.6 Å². The highest BCUT2D eigenvalue weighted by Crippen LogP contribution is 2.53. The Morgan fingerprint density at radius 2 is 2.00 bits per heavy atom. The molecule has 8 nitrogen and oxygen atoms in total. The number of carbonyl (C=O) groups excluding carboxylic acids is 1. The van der Waals surface area contributed by atoms with Gasteiger partial charge in [0.2, 0.25) is 11.8 Å². The summed E-state index contributed by atoms with van der Waals surface area (Å²) in [5, 5.41) is 13.1. The molecule has 2 aromatic carbocycles. The molecule has 1 spiro atoms. The zero-order valence-corrected chi connectivity index (χ0v) is 15.1. The molecule has 0 bridgehead atoms. The van der Waals surface area contributed by atoms with Crippen molar-refractivity contribution < 1.29 is 18.7 Å². The monoisotopic (exact) mass is 387 g/mol. The lowest BCUT2D eigenvalue weighted by Crippen LogP contribution is -2.45. The summed E-state index contributed by atoms with van der Waals surface area (Å²) in [6.07, 6.45) is 0. The molecule has 0 saturated heterocycles. The molecule has 0 aliphatic carbocycles. The van der Waals surface area contributed by atoms with E-state index in [4.69, 9.17) is 19.6 Å². The Kier molecular flexibility index (Phi) is 3.28. The summed E-state index contributed by atoms with van der Waals surface area (Å²) >= 11 is 0. The predicted octanol–water partition coefficient (Wildman–Crippen LogP) is 2.13. The van der Waals surface area contributed by atoms with Gasteiger partial charge in [-0.15, -0.1) is 0 Å². The molecule has 8 heteroatoms. The van der Waals surface area contributed by atoms with Gasteiger partial charge in [-0.25, -0.2) is 4.79 Å². The second kappa shape index (κ2) is 5.62. The molecule has 1 aromatic heterocycles. The number of nitrogens with one attached hydrogen (secondary N) is 1. The lowest BCUT2D eigenvalue weighted by molar-refractivity contribution is -0.118. The molecule has 2 aliphatic heterocycles. The maximum atomic E-state index is 13.3. The maximum Gasteiger partial charge on any atom is 0.345 e. The van der Waals surface area contributed by atoms with Gasteiger partial charge in [0.1, 0.15) is 28.5 Å². The van der Waals surface area contributed by atoms with E-state index in [2.05, 4.69) is 5.32 Å². The first-order valence-corrected chi connectivity index (χ1v) is 8.66. The smallest absolute Gasteiger partial charge is 0.345 e. The number of carbonyl (C=O) groups is 1. The SMILES string of the molecule is COc1ccc2c(c1)C1(C(=O)N2)C(C#N)=C(N)Oc2c1c(=O)oc1ccccc21. The minimum atomic E-state index is -1.80. The van der Waals surface area contributed by atoms with Gasteiger partial charge in [-0.3, -0.25) is 4.79 Å². The molecule has 3 aromatic rings. The normalized spacial score (nSPS) is 19.4. The van der Waals surface area contributed by atoms with Gasteiger partial charge in [-0.05, 0) is 30.3 Å². The summed E-state index contributed by atoms with van der Waals surface area (Å²) in [7, 11) is 1.48. The van der Waals surface area contributed by atoms with Crippen molar-refractivity contribution in [3.63, 3.8) is 0 Å². The fourth-order valence-corrected chi connectivity index (χ4v) is 4.06. The van der Waals surface area contributed by atoms with Gasteiger partial charge in [0.25, 0.3) is 0 Å². The van der Waals surface area contributed by atoms with Crippen molar-refractivity contribution in [1.29, 1.82) is 5.26 Å². The van der Waals surface area contributed by atoms with E-state index in [9.17, 15) is 14.9 Å². The van der Waals surface area contributed by atoms with Crippen molar-refractivity contribution in [3.8, 4) is 17.6 Å². The summed E-state index contributed by atoms with van der Waals surface area (Å²) in [5.41, 5.74) is 4.31. The number of nitrogens with zero attached hydrogens (tertiary/aromatic N) is 1. The third-order valence-electron chi connectivity index (χ3n) is 5.31. The van der Waals surface area contributed by atoms with E-state index in [1.165, 1.54) is 7.11 Å². The highest BCUT2D eigenvalue weighted by atomic mass is 16.5. The molecule has 0 saturated carbocycles. The van der Waals surface area contributed by atoms with Gasteiger partial charge in [0.15, 0.2) is 11.2 Å². The largest absolute Gasteiger partial charge is 0.497 e. The molecule has 0 radical (unpaired) electrons. The van der Waals surface area contributed by atoms with E-state index in [-0.39, 0.29) is 28.4 Å². The van der Waals surface area contributed by atoms with Gasteiger partial charge in [0, 0.05) is 11.3 Å². The van der Waals surface area contributed by atoms with Gasteiger partial charge in [-0.1, -0.05) is 12.1 Å². The van der Waals surface area contributed by atoms with Crippen LogP contribution in [0.15, 0.2) is 63.1 Å². The zero-order valence-electron chi connectivity index (χ0n) is 15.1. The minimum absolute atomic E-state index is 0.0912. The molecular weight excluding hydrogens is 374 g/mol. The summed E-state index contributed by atoms with van der Waals surface area (Å²) in [5.74, 6) is -0.290. The fraction of sp³-hybridized carbons (Fsp3) is 0.0952. The molecule has 1 unspecified atom stereocenters. The number of nitrogens with two attached hydrogens (primary N) is 1. The molecule has 2 aliphatic rings. The van der Waals surface area contributed by atoms with Crippen LogP contribution in [0.3, 0.4) is 0 Å². The zero-order chi connectivity index (χ0) is 20.3. The van der Waals surface area contributed by atoms with Crippen LogP contribution in [0.4, 0.5) is 5.69 Å². The highest BCUT2D eigenvalue weighted by Gasteiger charge is 2.59. The first kappa shape index (κ1) is 16.9. The molecule has 1 amide bonds. The number of fused-ring (bicyclic) bond motifs is 6. The molecule has 3 heterocycles. The van der Waals surface area contributed by atoms with Crippen LogP contribution in [0.5, 0.6) is 11.5 Å². The molecule has 5 rings (SSSR count).